The Hall–Kier alpha value is -0.900. The van der Waals surface area contributed by atoms with E-state index in [4.69, 9.17) is 0 Å². The van der Waals surface area contributed by atoms with Crippen molar-refractivity contribution in [3.05, 3.63) is 35.2 Å². The molecule has 0 amide bonds. The molecule has 1 heterocycles. The number of rotatable bonds is 2. The first-order chi connectivity index (χ1) is 6.68. The molecule has 1 N–H and O–H groups in total. The maximum atomic E-state index is 9.34. The van der Waals surface area contributed by atoms with Gasteiger partial charge in [0.25, 0.3) is 0 Å². The smallest absolute Gasteiger partial charge is 0.0661 e. The summed E-state index contributed by atoms with van der Waals surface area (Å²) in [5.41, 5.74) is 0. The van der Waals surface area contributed by atoms with Gasteiger partial charge in [-0.3, -0.25) is 0 Å². The predicted molar refractivity (Wildman–Crippen MR) is 59.8 cm³/mol. The minimum absolute atomic E-state index is 0.0624. The molecule has 2 rings (SSSR count). The van der Waals surface area contributed by atoms with Gasteiger partial charge in [0.15, 0.2) is 0 Å². The second kappa shape index (κ2) is 3.69. The van der Waals surface area contributed by atoms with Crippen molar-refractivity contribution in [3.63, 3.8) is 0 Å². The fourth-order valence-electron chi connectivity index (χ4n) is 1.39. The highest BCUT2D eigenvalue weighted by atomic mass is 32.1. The van der Waals surface area contributed by atoms with Crippen molar-refractivity contribution in [2.24, 2.45) is 0 Å². The molecular weight excluding hydrogens is 194 g/mol. The van der Waals surface area contributed by atoms with Crippen LogP contribution in [0.5, 0.6) is 0 Å². The van der Waals surface area contributed by atoms with Crippen molar-refractivity contribution in [3.8, 4) is 0 Å². The topological polar surface area (TPSA) is 23.5 Å². The molecule has 0 aliphatic rings. The Balaban J connectivity index is 2.45. The molecule has 0 radical (unpaired) electrons. The third kappa shape index (κ3) is 1.66. The molecule has 0 saturated heterocycles. The quantitative estimate of drug-likeness (QED) is 0.764. The Morgan fingerprint density at radius 3 is 2.71 bits per heavy atom. The van der Waals surface area contributed by atoms with Crippen LogP contribution in [0.25, 0.3) is 10.1 Å². The van der Waals surface area contributed by atoms with Gasteiger partial charge in [0.1, 0.15) is 0 Å². The van der Waals surface area contributed by atoms with Crippen LogP contribution in [0.1, 0.15) is 17.8 Å². The summed E-state index contributed by atoms with van der Waals surface area (Å²) >= 11 is 1.73. The highest BCUT2D eigenvalue weighted by Crippen LogP contribution is 2.31. The van der Waals surface area contributed by atoms with Crippen molar-refractivity contribution < 1.29 is 5.21 Å². The molecule has 0 aliphatic heterocycles. The van der Waals surface area contributed by atoms with Gasteiger partial charge in [-0.05, 0) is 24.4 Å². The molecular formula is C11H13NOS. The van der Waals surface area contributed by atoms with Gasteiger partial charge in [0.2, 0.25) is 0 Å². The molecule has 1 aromatic carbocycles. The largest absolute Gasteiger partial charge is 0.314 e. The molecule has 0 fully saturated rings. The van der Waals surface area contributed by atoms with Crippen LogP contribution in [0.3, 0.4) is 0 Å². The molecule has 2 aromatic rings. The zero-order valence-corrected chi connectivity index (χ0v) is 9.08. The fraction of sp³-hybridized carbons (Fsp3) is 0.273. The maximum Gasteiger partial charge on any atom is 0.0661 e. The number of thiophene rings is 1. The first kappa shape index (κ1) is 9.65. The normalized spacial score (nSPS) is 13.7. The van der Waals surface area contributed by atoms with Gasteiger partial charge in [-0.25, -0.2) is 0 Å². The van der Waals surface area contributed by atoms with Crippen LogP contribution in [0.15, 0.2) is 30.3 Å². The first-order valence-electron chi connectivity index (χ1n) is 4.58. The van der Waals surface area contributed by atoms with E-state index in [0.717, 1.165) is 0 Å². The standard InChI is InChI=1S/C11H13NOS/c1-8(12(2)13)11-7-9-5-3-4-6-10(9)14-11/h3-8,13H,1-2H3. The minimum Gasteiger partial charge on any atom is -0.314 e. The van der Waals surface area contributed by atoms with Crippen LogP contribution >= 0.6 is 11.3 Å². The van der Waals surface area contributed by atoms with E-state index in [2.05, 4.69) is 18.2 Å². The third-order valence-corrected chi connectivity index (χ3v) is 3.70. The predicted octanol–water partition coefficient (Wildman–Crippen LogP) is 3.28. The van der Waals surface area contributed by atoms with E-state index < -0.39 is 0 Å². The Kier molecular flexibility index (Phi) is 2.54. The second-order valence-electron chi connectivity index (χ2n) is 3.44. The third-order valence-electron chi connectivity index (χ3n) is 2.42. The van der Waals surface area contributed by atoms with Gasteiger partial charge < -0.3 is 5.21 Å². The van der Waals surface area contributed by atoms with Gasteiger partial charge in [-0.1, -0.05) is 18.2 Å². The van der Waals surface area contributed by atoms with Crippen molar-refractivity contribution in [2.75, 3.05) is 7.05 Å². The molecule has 74 valence electrons. The average Bonchev–Trinajstić information content (AvgIpc) is 2.59. The van der Waals surface area contributed by atoms with Gasteiger partial charge in [0, 0.05) is 16.6 Å². The number of benzene rings is 1. The molecule has 2 nitrogen and oxygen atoms in total. The van der Waals surface area contributed by atoms with Crippen LogP contribution in [-0.2, 0) is 0 Å². The molecule has 1 unspecified atom stereocenters. The fourth-order valence-corrected chi connectivity index (χ4v) is 2.55. The lowest BCUT2D eigenvalue weighted by molar-refractivity contribution is -0.0974. The van der Waals surface area contributed by atoms with Crippen molar-refractivity contribution in [2.45, 2.75) is 13.0 Å². The lowest BCUT2D eigenvalue weighted by Crippen LogP contribution is -2.16. The molecule has 0 saturated carbocycles. The van der Waals surface area contributed by atoms with Gasteiger partial charge in [0.05, 0.1) is 6.04 Å². The summed E-state index contributed by atoms with van der Waals surface area (Å²) in [7, 11) is 1.68. The van der Waals surface area contributed by atoms with E-state index in [9.17, 15) is 5.21 Å². The molecule has 1 atom stereocenters. The number of fused-ring (bicyclic) bond motifs is 1. The van der Waals surface area contributed by atoms with E-state index in [1.54, 1.807) is 18.4 Å². The Morgan fingerprint density at radius 2 is 2.07 bits per heavy atom. The molecule has 0 bridgehead atoms. The summed E-state index contributed by atoms with van der Waals surface area (Å²) in [6, 6.07) is 10.5. The van der Waals surface area contributed by atoms with E-state index in [1.807, 2.05) is 19.1 Å². The average molecular weight is 207 g/mol. The summed E-state index contributed by atoms with van der Waals surface area (Å²) in [4.78, 5) is 1.19. The van der Waals surface area contributed by atoms with Crippen molar-refractivity contribution >= 4 is 21.4 Å². The highest BCUT2D eigenvalue weighted by molar-refractivity contribution is 7.19. The zero-order chi connectivity index (χ0) is 10.1. The Bertz CT molecular complexity index is 403. The summed E-state index contributed by atoms with van der Waals surface area (Å²) in [5, 5.41) is 11.8. The number of hydrogen-bond donors (Lipinski definition) is 1. The van der Waals surface area contributed by atoms with E-state index in [0.29, 0.717) is 0 Å². The summed E-state index contributed by atoms with van der Waals surface area (Å²) in [5.74, 6) is 0. The highest BCUT2D eigenvalue weighted by Gasteiger charge is 2.12. The van der Waals surface area contributed by atoms with Crippen LogP contribution in [0, 0.1) is 0 Å². The maximum absolute atomic E-state index is 9.34. The second-order valence-corrected chi connectivity index (χ2v) is 4.55. The number of nitrogens with zero attached hydrogens (tertiary/aromatic N) is 1. The summed E-state index contributed by atoms with van der Waals surface area (Å²) < 4.78 is 1.27. The number of hydroxylamine groups is 2. The van der Waals surface area contributed by atoms with Crippen molar-refractivity contribution in [1.82, 2.24) is 5.06 Å². The summed E-state index contributed by atoms with van der Waals surface area (Å²) in [6.07, 6.45) is 0. The van der Waals surface area contributed by atoms with Crippen LogP contribution < -0.4 is 0 Å². The van der Waals surface area contributed by atoms with E-state index >= 15 is 0 Å². The lowest BCUT2D eigenvalue weighted by Gasteiger charge is -2.15. The van der Waals surface area contributed by atoms with Gasteiger partial charge >= 0.3 is 0 Å². The van der Waals surface area contributed by atoms with Gasteiger partial charge in [-0.15, -0.1) is 11.3 Å². The lowest BCUT2D eigenvalue weighted by atomic mass is 10.2. The molecule has 3 heteroatoms. The number of hydrogen-bond acceptors (Lipinski definition) is 3. The Morgan fingerprint density at radius 1 is 1.36 bits per heavy atom. The molecule has 0 spiro atoms. The zero-order valence-electron chi connectivity index (χ0n) is 8.27. The molecule has 14 heavy (non-hydrogen) atoms. The Labute approximate surface area is 87.4 Å². The summed E-state index contributed by atoms with van der Waals surface area (Å²) in [6.45, 7) is 1.99. The van der Waals surface area contributed by atoms with Gasteiger partial charge in [-0.2, -0.15) is 5.06 Å². The van der Waals surface area contributed by atoms with E-state index in [-0.39, 0.29) is 6.04 Å². The minimum atomic E-state index is 0.0624. The van der Waals surface area contributed by atoms with Crippen LogP contribution in [0.4, 0.5) is 0 Å². The van der Waals surface area contributed by atoms with Crippen molar-refractivity contribution in [1.29, 1.82) is 0 Å². The monoisotopic (exact) mass is 207 g/mol. The molecule has 1 aromatic heterocycles. The SMILES string of the molecule is CC(c1cc2ccccc2s1)N(C)O. The first-order valence-corrected chi connectivity index (χ1v) is 5.40. The van der Waals surface area contributed by atoms with Crippen LogP contribution in [-0.4, -0.2) is 17.3 Å². The van der Waals surface area contributed by atoms with E-state index in [1.165, 1.54) is 20.0 Å². The molecule has 0 aliphatic carbocycles. The van der Waals surface area contributed by atoms with Crippen LogP contribution in [0.2, 0.25) is 0 Å².